The Hall–Kier alpha value is -0.850. The molecule has 2 amide bonds. The molecule has 2 saturated heterocycles. The first-order valence-electron chi connectivity index (χ1n) is 9.01. The normalized spacial score (nSPS) is 23.0. The minimum absolute atomic E-state index is 0.0889. The molecule has 1 N–H and O–H groups in total. The molecule has 0 aromatic rings. The zero-order valence-corrected chi connectivity index (χ0v) is 15.1. The number of hydrogen-bond donors (Lipinski definition) is 1. The number of piperidine rings is 1. The molecule has 0 spiro atoms. The Morgan fingerprint density at radius 1 is 1.17 bits per heavy atom. The third-order valence-corrected chi connectivity index (χ3v) is 5.07. The highest BCUT2D eigenvalue weighted by atomic mass is 16.5. The number of carbonyl (C=O) groups is 1. The van der Waals surface area contributed by atoms with Crippen molar-refractivity contribution in [3.05, 3.63) is 0 Å². The van der Waals surface area contributed by atoms with Crippen LogP contribution in [0.4, 0.5) is 4.79 Å². The second-order valence-electron chi connectivity index (χ2n) is 7.28. The number of amides is 2. The van der Waals surface area contributed by atoms with Crippen LogP contribution in [0.3, 0.4) is 0 Å². The van der Waals surface area contributed by atoms with Gasteiger partial charge < -0.3 is 24.8 Å². The molecular formula is C17H34N4O2. The molecule has 23 heavy (non-hydrogen) atoms. The zero-order chi connectivity index (χ0) is 16.7. The van der Waals surface area contributed by atoms with Gasteiger partial charge >= 0.3 is 6.03 Å². The Labute approximate surface area is 141 Å². The Bertz CT molecular complexity index is 351. The molecule has 2 fully saturated rings. The molecule has 0 bridgehead atoms. The fourth-order valence-electron chi connectivity index (χ4n) is 3.43. The summed E-state index contributed by atoms with van der Waals surface area (Å²) in [5.74, 6) is 1.11. The van der Waals surface area contributed by atoms with Crippen molar-refractivity contribution in [1.29, 1.82) is 0 Å². The van der Waals surface area contributed by atoms with Crippen LogP contribution in [0, 0.1) is 11.8 Å². The van der Waals surface area contributed by atoms with Crippen LogP contribution in [-0.2, 0) is 4.74 Å². The number of urea groups is 1. The lowest BCUT2D eigenvalue weighted by molar-refractivity contribution is 0.110. The number of likely N-dealkylation sites (N-methyl/N-ethyl adjacent to an activating group) is 1. The predicted molar refractivity (Wildman–Crippen MR) is 92.7 cm³/mol. The molecule has 0 aliphatic carbocycles. The Kier molecular flexibility index (Phi) is 7.59. The number of nitrogens with zero attached hydrogens (tertiary/aromatic N) is 3. The number of piperazine rings is 1. The van der Waals surface area contributed by atoms with E-state index in [0.717, 1.165) is 31.8 Å². The second kappa shape index (κ2) is 9.45. The maximum Gasteiger partial charge on any atom is 0.317 e. The van der Waals surface area contributed by atoms with Crippen molar-refractivity contribution >= 4 is 6.03 Å². The van der Waals surface area contributed by atoms with Gasteiger partial charge in [-0.05, 0) is 31.7 Å². The summed E-state index contributed by atoms with van der Waals surface area (Å²) < 4.78 is 5.10. The average Bonchev–Trinajstić information content (AvgIpc) is 2.56. The molecule has 2 aliphatic heterocycles. The number of likely N-dealkylation sites (tertiary alicyclic amines) is 1. The van der Waals surface area contributed by atoms with E-state index < -0.39 is 0 Å². The highest BCUT2D eigenvalue weighted by Gasteiger charge is 2.25. The van der Waals surface area contributed by atoms with Crippen LogP contribution in [0.25, 0.3) is 0 Å². The molecular weight excluding hydrogens is 292 g/mol. The van der Waals surface area contributed by atoms with Crippen molar-refractivity contribution in [2.75, 3.05) is 73.1 Å². The lowest BCUT2D eigenvalue weighted by Gasteiger charge is -2.38. The summed E-state index contributed by atoms with van der Waals surface area (Å²) in [5.41, 5.74) is 0. The maximum absolute atomic E-state index is 12.2. The number of rotatable bonds is 6. The van der Waals surface area contributed by atoms with Gasteiger partial charge in [-0.1, -0.05) is 6.92 Å². The third kappa shape index (κ3) is 6.28. The molecule has 134 valence electrons. The van der Waals surface area contributed by atoms with Gasteiger partial charge in [0.15, 0.2) is 0 Å². The zero-order valence-electron chi connectivity index (χ0n) is 15.1. The van der Waals surface area contributed by atoms with Crippen LogP contribution in [0.5, 0.6) is 0 Å². The molecule has 0 aromatic heterocycles. The van der Waals surface area contributed by atoms with Gasteiger partial charge in [-0.2, -0.15) is 0 Å². The number of ether oxygens (including phenoxy) is 1. The molecule has 2 heterocycles. The molecule has 0 saturated carbocycles. The molecule has 6 heteroatoms. The number of methoxy groups -OCH3 is 1. The van der Waals surface area contributed by atoms with E-state index in [-0.39, 0.29) is 6.03 Å². The highest BCUT2D eigenvalue weighted by molar-refractivity contribution is 5.74. The molecule has 1 unspecified atom stereocenters. The van der Waals surface area contributed by atoms with Gasteiger partial charge in [0.2, 0.25) is 0 Å². The van der Waals surface area contributed by atoms with Gasteiger partial charge in [0.25, 0.3) is 0 Å². The lowest BCUT2D eigenvalue weighted by atomic mass is 9.96. The summed E-state index contributed by atoms with van der Waals surface area (Å²) in [6, 6.07) is 0.0889. The van der Waals surface area contributed by atoms with Crippen LogP contribution < -0.4 is 5.32 Å². The maximum atomic E-state index is 12.2. The van der Waals surface area contributed by atoms with Gasteiger partial charge in [-0.15, -0.1) is 0 Å². The van der Waals surface area contributed by atoms with E-state index in [1.165, 1.54) is 32.7 Å². The summed E-state index contributed by atoms with van der Waals surface area (Å²) in [6.07, 6.45) is 2.26. The van der Waals surface area contributed by atoms with Crippen LogP contribution in [0.15, 0.2) is 0 Å². The van der Waals surface area contributed by atoms with Crippen molar-refractivity contribution in [2.24, 2.45) is 11.8 Å². The smallest absolute Gasteiger partial charge is 0.317 e. The predicted octanol–water partition coefficient (Wildman–Crippen LogP) is 0.938. The fraction of sp³-hybridized carbons (Fsp3) is 0.941. The Balaban J connectivity index is 1.62. The first-order chi connectivity index (χ1) is 11.1. The molecule has 2 aliphatic rings. The van der Waals surface area contributed by atoms with E-state index in [1.807, 2.05) is 4.90 Å². The van der Waals surface area contributed by atoms with Crippen molar-refractivity contribution in [1.82, 2.24) is 20.0 Å². The van der Waals surface area contributed by atoms with E-state index in [1.54, 1.807) is 7.11 Å². The molecule has 6 nitrogen and oxygen atoms in total. The summed E-state index contributed by atoms with van der Waals surface area (Å²) >= 11 is 0. The monoisotopic (exact) mass is 326 g/mol. The summed E-state index contributed by atoms with van der Waals surface area (Å²) in [4.78, 5) is 19.2. The highest BCUT2D eigenvalue weighted by Crippen LogP contribution is 2.19. The molecule has 0 aromatic carbocycles. The quantitative estimate of drug-likeness (QED) is 0.789. The first-order valence-corrected chi connectivity index (χ1v) is 9.01. The lowest BCUT2D eigenvalue weighted by Crippen LogP contribution is -2.49. The van der Waals surface area contributed by atoms with Crippen molar-refractivity contribution in [3.63, 3.8) is 0 Å². The van der Waals surface area contributed by atoms with Crippen LogP contribution >= 0.6 is 0 Å². The van der Waals surface area contributed by atoms with Crippen molar-refractivity contribution in [3.8, 4) is 0 Å². The summed E-state index contributed by atoms with van der Waals surface area (Å²) in [6.45, 7) is 11.2. The summed E-state index contributed by atoms with van der Waals surface area (Å²) in [5, 5.41) is 3.03. The van der Waals surface area contributed by atoms with Gasteiger partial charge in [0.1, 0.15) is 0 Å². The minimum atomic E-state index is 0.0889. The molecule has 1 atom stereocenters. The minimum Gasteiger partial charge on any atom is -0.384 e. The van der Waals surface area contributed by atoms with E-state index in [2.05, 4.69) is 29.1 Å². The topological polar surface area (TPSA) is 48.1 Å². The van der Waals surface area contributed by atoms with Crippen LogP contribution in [0.1, 0.15) is 19.8 Å². The molecule has 2 rings (SSSR count). The average molecular weight is 326 g/mol. The first kappa shape index (κ1) is 18.5. The number of carbonyl (C=O) groups excluding carboxylic acids is 1. The van der Waals surface area contributed by atoms with Gasteiger partial charge in [0, 0.05) is 59.5 Å². The van der Waals surface area contributed by atoms with E-state index in [9.17, 15) is 4.79 Å². The second-order valence-corrected chi connectivity index (χ2v) is 7.28. The number of hydrogen-bond acceptors (Lipinski definition) is 4. The van der Waals surface area contributed by atoms with Crippen molar-refractivity contribution < 1.29 is 9.53 Å². The Morgan fingerprint density at radius 2 is 1.83 bits per heavy atom. The third-order valence-electron chi connectivity index (χ3n) is 5.07. The Morgan fingerprint density at radius 3 is 2.43 bits per heavy atom. The standard InChI is InChI=1S/C17H34N4O2/c1-15(14-23-3)12-18-17(22)21-6-4-16(5-7-21)13-20-10-8-19(2)9-11-20/h15-16H,4-14H2,1-3H3,(H,18,22). The summed E-state index contributed by atoms with van der Waals surface area (Å²) in [7, 11) is 3.89. The van der Waals surface area contributed by atoms with Crippen LogP contribution in [-0.4, -0.2) is 93.9 Å². The number of nitrogens with one attached hydrogen (secondary N) is 1. The van der Waals surface area contributed by atoms with Gasteiger partial charge in [-0.3, -0.25) is 0 Å². The van der Waals surface area contributed by atoms with E-state index >= 15 is 0 Å². The van der Waals surface area contributed by atoms with Gasteiger partial charge in [0.05, 0.1) is 6.61 Å². The van der Waals surface area contributed by atoms with Crippen molar-refractivity contribution in [2.45, 2.75) is 19.8 Å². The van der Waals surface area contributed by atoms with Gasteiger partial charge in [-0.25, -0.2) is 4.79 Å². The van der Waals surface area contributed by atoms with E-state index in [4.69, 9.17) is 4.74 Å². The molecule has 0 radical (unpaired) electrons. The largest absolute Gasteiger partial charge is 0.384 e. The SMILES string of the molecule is COCC(C)CNC(=O)N1CCC(CN2CCN(C)CC2)CC1. The fourth-order valence-corrected chi connectivity index (χ4v) is 3.43. The van der Waals surface area contributed by atoms with E-state index in [0.29, 0.717) is 19.1 Å². The van der Waals surface area contributed by atoms with Crippen LogP contribution in [0.2, 0.25) is 0 Å².